The Hall–Kier alpha value is -4.98. The number of hydrogen-bond donors (Lipinski definition) is 8. The van der Waals surface area contributed by atoms with Crippen LogP contribution < -0.4 is 32.7 Å². The van der Waals surface area contributed by atoms with E-state index in [1.165, 1.54) is 12.1 Å². The summed E-state index contributed by atoms with van der Waals surface area (Å²) in [6.45, 7) is 6.38. The highest BCUT2D eigenvalue weighted by Gasteiger charge is 2.28. The first-order valence-electron chi connectivity index (χ1n) is 15.9. The molecule has 2 aromatic rings. The molecule has 0 aliphatic rings. The molecule has 2 rings (SSSR count). The molecule has 0 aromatic heterocycles. The second-order valence-corrected chi connectivity index (χ2v) is 11.8. The van der Waals surface area contributed by atoms with Crippen molar-refractivity contribution in [2.45, 2.75) is 90.4 Å². The first-order valence-corrected chi connectivity index (χ1v) is 15.9. The quantitative estimate of drug-likeness (QED) is 0.112. The molecular formula is C34H50N6O8. The van der Waals surface area contributed by atoms with Crippen molar-refractivity contribution in [3.05, 3.63) is 65.7 Å². The summed E-state index contributed by atoms with van der Waals surface area (Å²) in [4.78, 5) is 72.9. The van der Waals surface area contributed by atoms with Crippen LogP contribution in [0.25, 0.3) is 0 Å². The van der Waals surface area contributed by atoms with E-state index in [2.05, 4.69) is 21.3 Å². The van der Waals surface area contributed by atoms with Crippen LogP contribution in [0.15, 0.2) is 54.6 Å². The SMILES string of the molecule is CC(=O)O.CCCC[C@@H](NC(=O)[C@@H](N)Cc1ccc(O)cc1)C(=O)NCC(=O)N[C@@H](Cc1ccccc1)C(=O)N[C@@H](CC(C)C)C(N)=O. The molecule has 0 heterocycles. The Balaban J connectivity index is 0.00000272. The molecular weight excluding hydrogens is 620 g/mol. The molecule has 14 nitrogen and oxygen atoms in total. The van der Waals surface area contributed by atoms with E-state index in [9.17, 15) is 29.1 Å². The maximum atomic E-state index is 13.2. The number of benzene rings is 2. The average Bonchev–Trinajstić information content (AvgIpc) is 3.02. The molecule has 0 aliphatic heterocycles. The Bertz CT molecular complexity index is 1330. The van der Waals surface area contributed by atoms with Gasteiger partial charge in [0, 0.05) is 13.3 Å². The van der Waals surface area contributed by atoms with E-state index < -0.39 is 66.2 Å². The molecule has 5 amide bonds. The number of nitrogens with two attached hydrogens (primary N) is 2. The van der Waals surface area contributed by atoms with Gasteiger partial charge in [-0.3, -0.25) is 28.8 Å². The van der Waals surface area contributed by atoms with Crippen molar-refractivity contribution in [2.24, 2.45) is 17.4 Å². The van der Waals surface area contributed by atoms with Crippen LogP contribution in [0.5, 0.6) is 5.75 Å². The van der Waals surface area contributed by atoms with Gasteiger partial charge in [0.2, 0.25) is 29.5 Å². The van der Waals surface area contributed by atoms with E-state index in [0.717, 1.165) is 24.5 Å². The topological polar surface area (TPSA) is 243 Å². The van der Waals surface area contributed by atoms with Crippen LogP contribution in [0.3, 0.4) is 0 Å². The van der Waals surface area contributed by atoms with Crippen LogP contribution in [-0.4, -0.2) is 76.4 Å². The molecule has 0 bridgehead atoms. The van der Waals surface area contributed by atoms with Gasteiger partial charge >= 0.3 is 0 Å². The minimum absolute atomic E-state index is 0.0914. The fraction of sp³-hybridized carbons (Fsp3) is 0.471. The normalized spacial score (nSPS) is 13.0. The van der Waals surface area contributed by atoms with Gasteiger partial charge < -0.3 is 42.9 Å². The van der Waals surface area contributed by atoms with E-state index in [0.29, 0.717) is 19.3 Å². The summed E-state index contributed by atoms with van der Waals surface area (Å²) < 4.78 is 0. The first kappa shape index (κ1) is 41.0. The van der Waals surface area contributed by atoms with E-state index in [1.807, 2.05) is 26.8 Å². The summed E-state index contributed by atoms with van der Waals surface area (Å²) in [6.07, 6.45) is 2.45. The predicted molar refractivity (Wildman–Crippen MR) is 180 cm³/mol. The number of phenols is 1. The van der Waals surface area contributed by atoms with Gasteiger partial charge in [0.1, 0.15) is 23.9 Å². The maximum Gasteiger partial charge on any atom is 0.300 e. The van der Waals surface area contributed by atoms with E-state index >= 15 is 0 Å². The lowest BCUT2D eigenvalue weighted by molar-refractivity contribution is -0.134. The summed E-state index contributed by atoms with van der Waals surface area (Å²) >= 11 is 0. The third-order valence-electron chi connectivity index (χ3n) is 6.93. The van der Waals surface area contributed by atoms with Crippen LogP contribution in [0.1, 0.15) is 64.5 Å². The molecule has 0 spiro atoms. The zero-order chi connectivity index (χ0) is 36.2. The standard InChI is InChI=1S/C32H46N6O6.C2H4O2/c1-4-5-11-25(37-30(42)24(33)17-22-12-14-23(39)15-13-22)31(43)35-19-28(40)36-27(18-21-9-7-6-8-10-21)32(44)38-26(29(34)41)16-20(2)3;1-2(3)4/h6-10,12-15,20,24-27,39H,4-5,11,16-19,33H2,1-3H3,(H2,34,41)(H,35,43)(H,36,40)(H,37,42)(H,38,44);1H3,(H,3,4)/t24-,25+,26-,27-;/m0./s1. The maximum absolute atomic E-state index is 13.2. The lowest BCUT2D eigenvalue weighted by Gasteiger charge is -2.23. The molecule has 0 unspecified atom stereocenters. The molecule has 0 fully saturated rings. The molecule has 10 N–H and O–H groups in total. The number of carboxylic acid groups (broad SMARTS) is 1. The van der Waals surface area contributed by atoms with E-state index in [-0.39, 0.29) is 24.5 Å². The Kier molecular flexibility index (Phi) is 18.6. The molecule has 2 aromatic carbocycles. The highest BCUT2D eigenvalue weighted by Crippen LogP contribution is 2.12. The van der Waals surface area contributed by atoms with Gasteiger partial charge in [0.05, 0.1) is 12.6 Å². The smallest absolute Gasteiger partial charge is 0.300 e. The fourth-order valence-electron chi connectivity index (χ4n) is 4.52. The third-order valence-corrected chi connectivity index (χ3v) is 6.93. The van der Waals surface area contributed by atoms with E-state index in [4.69, 9.17) is 21.4 Å². The van der Waals surface area contributed by atoms with Crippen LogP contribution in [-0.2, 0) is 41.6 Å². The highest BCUT2D eigenvalue weighted by atomic mass is 16.4. The van der Waals surface area contributed by atoms with Crippen molar-refractivity contribution in [3.8, 4) is 5.75 Å². The van der Waals surface area contributed by atoms with Gasteiger partial charge in [-0.05, 0) is 48.4 Å². The minimum Gasteiger partial charge on any atom is -0.508 e. The number of amides is 5. The van der Waals surface area contributed by atoms with Crippen molar-refractivity contribution >= 4 is 35.5 Å². The monoisotopic (exact) mass is 670 g/mol. The van der Waals surface area contributed by atoms with Crippen LogP contribution >= 0.6 is 0 Å². The van der Waals surface area contributed by atoms with Gasteiger partial charge in [-0.1, -0.05) is 76.1 Å². The van der Waals surface area contributed by atoms with Crippen molar-refractivity contribution in [2.75, 3.05) is 6.54 Å². The summed E-state index contributed by atoms with van der Waals surface area (Å²) in [5.41, 5.74) is 13.1. The molecule has 48 heavy (non-hydrogen) atoms. The summed E-state index contributed by atoms with van der Waals surface area (Å²) in [5.74, 6) is -3.61. The number of carboxylic acids is 1. The fourth-order valence-corrected chi connectivity index (χ4v) is 4.52. The van der Waals surface area contributed by atoms with E-state index in [1.54, 1.807) is 36.4 Å². The van der Waals surface area contributed by atoms with Crippen molar-refractivity contribution in [1.29, 1.82) is 0 Å². The number of aliphatic carboxylic acids is 1. The largest absolute Gasteiger partial charge is 0.508 e. The highest BCUT2D eigenvalue weighted by molar-refractivity contribution is 5.94. The number of rotatable bonds is 18. The summed E-state index contributed by atoms with van der Waals surface area (Å²) in [5, 5.41) is 27.4. The molecule has 14 heteroatoms. The second kappa shape index (κ2) is 21.7. The number of hydrogen-bond acceptors (Lipinski definition) is 8. The van der Waals surface area contributed by atoms with Crippen LogP contribution in [0.4, 0.5) is 0 Å². The van der Waals surface area contributed by atoms with Crippen LogP contribution in [0, 0.1) is 5.92 Å². The lowest BCUT2D eigenvalue weighted by atomic mass is 10.0. The Morgan fingerprint density at radius 3 is 1.88 bits per heavy atom. The molecule has 4 atom stereocenters. The van der Waals surface area contributed by atoms with Gasteiger partial charge in [-0.15, -0.1) is 0 Å². The number of unbranched alkanes of at least 4 members (excludes halogenated alkanes) is 1. The Morgan fingerprint density at radius 2 is 1.33 bits per heavy atom. The van der Waals surface area contributed by atoms with Gasteiger partial charge in [0.25, 0.3) is 5.97 Å². The van der Waals surface area contributed by atoms with Crippen molar-refractivity contribution < 1.29 is 39.0 Å². The number of primary amides is 1. The molecule has 0 saturated heterocycles. The number of carbonyl (C=O) groups is 6. The molecule has 0 aliphatic carbocycles. The van der Waals surface area contributed by atoms with Crippen molar-refractivity contribution in [3.63, 3.8) is 0 Å². The average molecular weight is 671 g/mol. The van der Waals surface area contributed by atoms with Crippen molar-refractivity contribution in [1.82, 2.24) is 21.3 Å². The number of aromatic hydroxyl groups is 1. The minimum atomic E-state index is -1.04. The molecule has 0 radical (unpaired) electrons. The number of carbonyl (C=O) groups excluding carboxylic acids is 5. The van der Waals surface area contributed by atoms with Crippen LogP contribution in [0.2, 0.25) is 0 Å². The zero-order valence-corrected chi connectivity index (χ0v) is 28.0. The summed E-state index contributed by atoms with van der Waals surface area (Å²) in [6, 6.07) is 11.6. The van der Waals surface area contributed by atoms with Gasteiger partial charge in [-0.25, -0.2) is 0 Å². The number of nitrogens with one attached hydrogen (secondary N) is 4. The lowest BCUT2D eigenvalue weighted by Crippen LogP contribution is -2.56. The zero-order valence-electron chi connectivity index (χ0n) is 28.0. The van der Waals surface area contributed by atoms with Gasteiger partial charge in [0.15, 0.2) is 0 Å². The van der Waals surface area contributed by atoms with Gasteiger partial charge in [-0.2, -0.15) is 0 Å². The molecule has 264 valence electrons. The first-order chi connectivity index (χ1) is 22.6. The second-order valence-electron chi connectivity index (χ2n) is 11.8. The Morgan fingerprint density at radius 1 is 0.771 bits per heavy atom. The Labute approximate surface area is 281 Å². The molecule has 0 saturated carbocycles. The third kappa shape index (κ3) is 17.1. The summed E-state index contributed by atoms with van der Waals surface area (Å²) in [7, 11) is 0. The predicted octanol–water partition coefficient (Wildman–Crippen LogP) is 0.888. The number of phenolic OH excluding ortho intramolecular Hbond substituents is 1.